The van der Waals surface area contributed by atoms with Crippen LogP contribution in [0.4, 0.5) is 0 Å². The van der Waals surface area contributed by atoms with Crippen LogP contribution in [0.25, 0.3) is 10.9 Å². The van der Waals surface area contributed by atoms with Crippen molar-refractivity contribution in [3.05, 3.63) is 65.4 Å². The number of carboxylic acid groups (broad SMARTS) is 1. The minimum atomic E-state index is -0.897. The zero-order chi connectivity index (χ0) is 20.5. The first-order valence-corrected chi connectivity index (χ1v) is 10.9. The van der Waals surface area contributed by atoms with Crippen LogP contribution in [0.3, 0.4) is 0 Å². The number of fused-ring (bicyclic) bond motifs is 4. The predicted octanol–water partition coefficient (Wildman–Crippen LogP) is 3.01. The van der Waals surface area contributed by atoms with E-state index in [1.165, 1.54) is 25.9 Å². The molecule has 2 bridgehead atoms. The molecule has 0 aliphatic carbocycles. The molecule has 2 N–H and O–H groups in total. The van der Waals surface area contributed by atoms with E-state index in [4.69, 9.17) is 5.10 Å². The second kappa shape index (κ2) is 8.20. The number of rotatable bonds is 7. The summed E-state index contributed by atoms with van der Waals surface area (Å²) in [4.78, 5) is 14.4. The maximum atomic E-state index is 11.9. The van der Waals surface area contributed by atoms with Gasteiger partial charge in [-0.3, -0.25) is 4.68 Å². The third kappa shape index (κ3) is 3.73. The molecular formula is C24H28N4O2. The van der Waals surface area contributed by atoms with Crippen LogP contribution >= 0.6 is 0 Å². The number of aromatic carboxylic acids is 1. The fraction of sp³-hybridized carbons (Fsp3) is 0.417. The Labute approximate surface area is 176 Å². The number of aromatic nitrogens is 2. The molecule has 0 spiro atoms. The lowest BCUT2D eigenvalue weighted by Crippen LogP contribution is -2.56. The van der Waals surface area contributed by atoms with Gasteiger partial charge in [-0.25, -0.2) is 4.79 Å². The van der Waals surface area contributed by atoms with E-state index in [2.05, 4.69) is 22.3 Å². The first-order valence-electron chi connectivity index (χ1n) is 10.9. The molecule has 3 fully saturated rings. The Kier molecular flexibility index (Phi) is 5.27. The van der Waals surface area contributed by atoms with Crippen molar-refractivity contribution >= 4 is 16.9 Å². The largest absolute Gasteiger partial charge is 0.478 e. The number of nitrogens with zero attached hydrogens (tertiary/aromatic N) is 3. The highest BCUT2D eigenvalue weighted by Crippen LogP contribution is 2.28. The summed E-state index contributed by atoms with van der Waals surface area (Å²) in [6, 6.07) is 16.2. The van der Waals surface area contributed by atoms with Crippen LogP contribution in [0.1, 0.15) is 34.5 Å². The van der Waals surface area contributed by atoms with Crippen LogP contribution in [0.5, 0.6) is 0 Å². The average Bonchev–Trinajstić information content (AvgIpc) is 3.13. The number of piperidine rings is 3. The molecule has 2 aromatic carbocycles. The summed E-state index contributed by atoms with van der Waals surface area (Å²) in [5, 5.41) is 19.1. The Morgan fingerprint density at radius 1 is 1.10 bits per heavy atom. The number of nitrogens with one attached hydrogen (secondary N) is 1. The smallest absolute Gasteiger partial charge is 0.336 e. The van der Waals surface area contributed by atoms with Crippen molar-refractivity contribution in [2.45, 2.75) is 31.8 Å². The van der Waals surface area contributed by atoms with Crippen LogP contribution in [-0.4, -0.2) is 58.0 Å². The third-order valence-corrected chi connectivity index (χ3v) is 6.68. The van der Waals surface area contributed by atoms with Crippen molar-refractivity contribution in [1.29, 1.82) is 0 Å². The van der Waals surface area contributed by atoms with Crippen molar-refractivity contribution in [3.63, 3.8) is 0 Å². The Morgan fingerprint density at radius 2 is 1.90 bits per heavy atom. The van der Waals surface area contributed by atoms with E-state index in [-0.39, 0.29) is 0 Å². The lowest BCUT2D eigenvalue weighted by Gasteiger charge is -2.45. The fourth-order valence-electron chi connectivity index (χ4n) is 5.11. The van der Waals surface area contributed by atoms with Gasteiger partial charge in [0.2, 0.25) is 0 Å². The van der Waals surface area contributed by atoms with Gasteiger partial charge in [-0.15, -0.1) is 0 Å². The molecule has 6 heteroatoms. The average molecular weight is 405 g/mol. The number of hydrogen-bond acceptors (Lipinski definition) is 4. The van der Waals surface area contributed by atoms with Crippen molar-refractivity contribution < 1.29 is 9.90 Å². The molecule has 1 atom stereocenters. The first-order chi connectivity index (χ1) is 14.7. The first kappa shape index (κ1) is 19.3. The molecule has 4 heterocycles. The maximum absolute atomic E-state index is 11.9. The normalized spacial score (nSPS) is 23.1. The number of benzene rings is 2. The van der Waals surface area contributed by atoms with Gasteiger partial charge in [-0.1, -0.05) is 36.4 Å². The molecule has 0 saturated carbocycles. The van der Waals surface area contributed by atoms with E-state index in [1.54, 1.807) is 6.07 Å². The molecule has 1 aromatic heterocycles. The van der Waals surface area contributed by atoms with E-state index in [1.807, 2.05) is 35.0 Å². The standard InChI is InChI=1S/C24H28N4O2/c29-24(30)19-7-4-8-22-23(19)20(26-28(22)15-17-5-2-1-3-6-17)9-12-25-21-16-27-13-10-18(21)11-14-27/h1-8,18,21,25H,9-16H2,(H,29,30). The van der Waals surface area contributed by atoms with E-state index < -0.39 is 5.97 Å². The monoisotopic (exact) mass is 404 g/mol. The molecule has 0 amide bonds. The molecule has 6 rings (SSSR count). The van der Waals surface area contributed by atoms with Gasteiger partial charge in [0.15, 0.2) is 0 Å². The van der Waals surface area contributed by atoms with Crippen LogP contribution in [0, 0.1) is 5.92 Å². The summed E-state index contributed by atoms with van der Waals surface area (Å²) < 4.78 is 1.95. The molecule has 3 aromatic rings. The van der Waals surface area contributed by atoms with E-state index in [0.717, 1.165) is 47.6 Å². The highest BCUT2D eigenvalue weighted by molar-refractivity contribution is 6.04. The minimum absolute atomic E-state index is 0.338. The number of hydrogen-bond donors (Lipinski definition) is 2. The Hall–Kier alpha value is -2.70. The highest BCUT2D eigenvalue weighted by Gasteiger charge is 2.33. The quantitative estimate of drug-likeness (QED) is 0.634. The lowest BCUT2D eigenvalue weighted by molar-refractivity contribution is 0.0699. The van der Waals surface area contributed by atoms with Gasteiger partial charge >= 0.3 is 5.97 Å². The summed E-state index contributed by atoms with van der Waals surface area (Å²) in [7, 11) is 0. The van der Waals surface area contributed by atoms with E-state index >= 15 is 0 Å². The SMILES string of the molecule is O=C(O)c1cccc2c1c(CCNC1CN3CCC1CC3)nn2Cc1ccccc1. The van der Waals surface area contributed by atoms with Gasteiger partial charge in [0.25, 0.3) is 0 Å². The molecule has 3 aliphatic rings. The van der Waals surface area contributed by atoms with Crippen molar-refractivity contribution in [2.75, 3.05) is 26.2 Å². The van der Waals surface area contributed by atoms with E-state index in [0.29, 0.717) is 18.2 Å². The van der Waals surface area contributed by atoms with Crippen molar-refractivity contribution in [3.8, 4) is 0 Å². The van der Waals surface area contributed by atoms with Gasteiger partial charge in [0.1, 0.15) is 0 Å². The second-order valence-corrected chi connectivity index (χ2v) is 8.54. The zero-order valence-corrected chi connectivity index (χ0v) is 17.1. The summed E-state index contributed by atoms with van der Waals surface area (Å²) in [5.41, 5.74) is 3.24. The Bertz CT molecular complexity index is 1040. The van der Waals surface area contributed by atoms with Crippen LogP contribution in [0.2, 0.25) is 0 Å². The van der Waals surface area contributed by atoms with Gasteiger partial charge in [0, 0.05) is 30.9 Å². The van der Waals surface area contributed by atoms with Gasteiger partial charge < -0.3 is 15.3 Å². The molecule has 6 nitrogen and oxygen atoms in total. The summed E-state index contributed by atoms with van der Waals surface area (Å²) in [6.07, 6.45) is 3.30. The van der Waals surface area contributed by atoms with Crippen molar-refractivity contribution in [2.24, 2.45) is 5.92 Å². The van der Waals surface area contributed by atoms with E-state index in [9.17, 15) is 9.90 Å². The molecule has 1 unspecified atom stereocenters. The maximum Gasteiger partial charge on any atom is 0.336 e. The fourth-order valence-corrected chi connectivity index (χ4v) is 5.11. The Balaban J connectivity index is 1.39. The lowest BCUT2D eigenvalue weighted by atomic mass is 9.84. The third-order valence-electron chi connectivity index (χ3n) is 6.68. The number of carboxylic acids is 1. The Morgan fingerprint density at radius 3 is 2.60 bits per heavy atom. The van der Waals surface area contributed by atoms with Gasteiger partial charge in [-0.2, -0.15) is 5.10 Å². The van der Waals surface area contributed by atoms with Crippen LogP contribution in [0.15, 0.2) is 48.5 Å². The minimum Gasteiger partial charge on any atom is -0.478 e. The molecular weight excluding hydrogens is 376 g/mol. The molecule has 30 heavy (non-hydrogen) atoms. The summed E-state index contributed by atoms with van der Waals surface area (Å²) in [6.45, 7) is 5.06. The van der Waals surface area contributed by atoms with Gasteiger partial charge in [0.05, 0.1) is 23.3 Å². The van der Waals surface area contributed by atoms with Crippen LogP contribution in [-0.2, 0) is 13.0 Å². The summed E-state index contributed by atoms with van der Waals surface area (Å²) >= 11 is 0. The zero-order valence-electron chi connectivity index (χ0n) is 17.1. The predicted molar refractivity (Wildman–Crippen MR) is 117 cm³/mol. The topological polar surface area (TPSA) is 70.4 Å². The van der Waals surface area contributed by atoms with Crippen molar-refractivity contribution in [1.82, 2.24) is 20.0 Å². The molecule has 0 radical (unpaired) electrons. The second-order valence-electron chi connectivity index (χ2n) is 8.54. The molecule has 156 valence electrons. The number of carbonyl (C=O) groups is 1. The molecule has 3 saturated heterocycles. The van der Waals surface area contributed by atoms with Gasteiger partial charge in [-0.05, 0) is 49.5 Å². The van der Waals surface area contributed by atoms with Crippen LogP contribution < -0.4 is 5.32 Å². The summed E-state index contributed by atoms with van der Waals surface area (Å²) in [5.74, 6) is -0.122. The highest BCUT2D eigenvalue weighted by atomic mass is 16.4. The molecule has 3 aliphatic heterocycles.